The first-order chi connectivity index (χ1) is 7.22. The smallest absolute Gasteiger partial charge is 0.391 e. The molecule has 2 aliphatic rings. The third-order valence-corrected chi connectivity index (χ3v) is 3.69. The van der Waals surface area contributed by atoms with Crippen molar-refractivity contribution >= 4 is 6.09 Å². The number of carbonyl (C=O) groups is 1. The van der Waals surface area contributed by atoms with E-state index in [2.05, 4.69) is 0 Å². The zero-order chi connectivity index (χ0) is 10.8. The molecule has 3 atom stereocenters. The maximum atomic E-state index is 11.9. The highest BCUT2D eigenvalue weighted by molar-refractivity contribution is 5.57. The van der Waals surface area contributed by atoms with Crippen LogP contribution in [0.25, 0.3) is 0 Å². The summed E-state index contributed by atoms with van der Waals surface area (Å²) in [6, 6.07) is 1.00. The summed E-state index contributed by atoms with van der Waals surface area (Å²) in [7, 11) is 1.55. The summed E-state index contributed by atoms with van der Waals surface area (Å²) in [5.74, 6) is 0. The van der Waals surface area contributed by atoms with Gasteiger partial charge in [-0.3, -0.25) is 0 Å². The highest BCUT2D eigenvalue weighted by Gasteiger charge is 2.46. The van der Waals surface area contributed by atoms with Gasteiger partial charge in [0.2, 0.25) is 6.29 Å². The van der Waals surface area contributed by atoms with E-state index >= 15 is 0 Å². The van der Waals surface area contributed by atoms with E-state index in [1.807, 2.05) is 0 Å². The van der Waals surface area contributed by atoms with Gasteiger partial charge in [0.05, 0.1) is 12.1 Å². The number of quaternary nitrogens is 1. The SMILES string of the molecule is COC(C)OC(=O)[NH+]1C2CCCC1CC2. The first-order valence-electron chi connectivity index (χ1n) is 5.83. The Labute approximate surface area is 90.5 Å². The number of methoxy groups -OCH3 is 1. The van der Waals surface area contributed by atoms with Gasteiger partial charge in [-0.05, 0) is 13.3 Å². The van der Waals surface area contributed by atoms with Crippen molar-refractivity contribution in [3.05, 3.63) is 0 Å². The molecule has 15 heavy (non-hydrogen) atoms. The lowest BCUT2D eigenvalue weighted by molar-refractivity contribution is -0.869. The van der Waals surface area contributed by atoms with Crippen molar-refractivity contribution in [2.24, 2.45) is 0 Å². The molecular weight excluding hydrogens is 194 g/mol. The molecule has 0 aromatic rings. The van der Waals surface area contributed by atoms with Crippen molar-refractivity contribution in [3.8, 4) is 0 Å². The van der Waals surface area contributed by atoms with Crippen LogP contribution in [-0.4, -0.2) is 31.6 Å². The summed E-state index contributed by atoms with van der Waals surface area (Å²) in [5, 5.41) is 0. The normalized spacial score (nSPS) is 36.3. The van der Waals surface area contributed by atoms with Crippen molar-refractivity contribution in [1.29, 1.82) is 0 Å². The number of amides is 1. The molecule has 1 N–H and O–H groups in total. The Hall–Kier alpha value is -0.610. The summed E-state index contributed by atoms with van der Waals surface area (Å²) in [6.07, 6.45) is 5.42. The van der Waals surface area contributed by atoms with E-state index in [4.69, 9.17) is 9.47 Å². The average molecular weight is 214 g/mol. The second-order valence-corrected chi connectivity index (χ2v) is 4.57. The Morgan fingerprint density at radius 3 is 2.40 bits per heavy atom. The van der Waals surface area contributed by atoms with Crippen molar-refractivity contribution < 1.29 is 19.2 Å². The molecule has 0 spiro atoms. The number of fused-ring (bicyclic) bond motifs is 2. The number of ether oxygens (including phenoxy) is 2. The lowest BCUT2D eigenvalue weighted by atomic mass is 10.0. The van der Waals surface area contributed by atoms with Crippen LogP contribution in [0.2, 0.25) is 0 Å². The van der Waals surface area contributed by atoms with Gasteiger partial charge in [0.15, 0.2) is 0 Å². The number of hydrogen-bond donors (Lipinski definition) is 1. The highest BCUT2D eigenvalue weighted by atomic mass is 16.7. The van der Waals surface area contributed by atoms with Gasteiger partial charge in [-0.15, -0.1) is 0 Å². The molecule has 0 aromatic carbocycles. The summed E-state index contributed by atoms with van der Waals surface area (Å²) >= 11 is 0. The molecule has 3 unspecified atom stereocenters. The van der Waals surface area contributed by atoms with Crippen LogP contribution in [0.15, 0.2) is 0 Å². The van der Waals surface area contributed by atoms with Gasteiger partial charge in [0, 0.05) is 32.8 Å². The van der Waals surface area contributed by atoms with Gasteiger partial charge in [-0.2, -0.15) is 4.79 Å². The second-order valence-electron chi connectivity index (χ2n) is 4.57. The molecule has 0 radical (unpaired) electrons. The molecule has 1 amide bonds. The predicted molar refractivity (Wildman–Crippen MR) is 54.6 cm³/mol. The number of alkyl carbamates (subject to hydrolysis) is 2. The van der Waals surface area contributed by atoms with Gasteiger partial charge in [-0.25, -0.2) is 4.90 Å². The fourth-order valence-corrected chi connectivity index (χ4v) is 2.86. The van der Waals surface area contributed by atoms with Crippen LogP contribution in [0.3, 0.4) is 0 Å². The molecule has 0 aromatic heterocycles. The molecule has 86 valence electrons. The quantitative estimate of drug-likeness (QED) is 0.688. The van der Waals surface area contributed by atoms with Gasteiger partial charge < -0.3 is 9.47 Å². The van der Waals surface area contributed by atoms with Crippen LogP contribution >= 0.6 is 0 Å². The van der Waals surface area contributed by atoms with Gasteiger partial charge in [0.25, 0.3) is 0 Å². The van der Waals surface area contributed by atoms with Crippen molar-refractivity contribution in [2.45, 2.75) is 57.4 Å². The van der Waals surface area contributed by atoms with Gasteiger partial charge in [-0.1, -0.05) is 0 Å². The summed E-state index contributed by atoms with van der Waals surface area (Å²) in [5.41, 5.74) is 0. The largest absolute Gasteiger partial charge is 0.517 e. The van der Waals surface area contributed by atoms with Crippen LogP contribution in [-0.2, 0) is 9.47 Å². The van der Waals surface area contributed by atoms with Crippen LogP contribution in [0.5, 0.6) is 0 Å². The Kier molecular flexibility index (Phi) is 3.26. The second kappa shape index (κ2) is 4.49. The third-order valence-electron chi connectivity index (χ3n) is 3.69. The Morgan fingerprint density at radius 2 is 1.87 bits per heavy atom. The zero-order valence-electron chi connectivity index (χ0n) is 9.49. The van der Waals surface area contributed by atoms with E-state index in [9.17, 15) is 4.79 Å². The van der Waals surface area contributed by atoms with Gasteiger partial charge in [0.1, 0.15) is 0 Å². The highest BCUT2D eigenvalue weighted by Crippen LogP contribution is 2.22. The van der Waals surface area contributed by atoms with Crippen molar-refractivity contribution in [2.75, 3.05) is 7.11 Å². The van der Waals surface area contributed by atoms with Crippen LogP contribution in [0.1, 0.15) is 39.0 Å². The molecular formula is C11H20NO3+. The maximum Gasteiger partial charge on any atom is 0.517 e. The first kappa shape index (κ1) is 10.9. The fourth-order valence-electron chi connectivity index (χ4n) is 2.86. The van der Waals surface area contributed by atoms with Crippen molar-refractivity contribution in [3.63, 3.8) is 0 Å². The predicted octanol–water partition coefficient (Wildman–Crippen LogP) is 0.715. The number of nitrogens with one attached hydrogen (secondary N) is 1. The number of piperidine rings is 1. The Morgan fingerprint density at radius 1 is 1.27 bits per heavy atom. The van der Waals surface area contributed by atoms with E-state index in [-0.39, 0.29) is 6.09 Å². The minimum absolute atomic E-state index is 0.114. The van der Waals surface area contributed by atoms with Crippen LogP contribution in [0.4, 0.5) is 4.79 Å². The number of carbonyl (C=O) groups excluding carboxylic acids is 1. The summed E-state index contributed by atoms with van der Waals surface area (Å²) in [6.45, 7) is 1.75. The minimum Gasteiger partial charge on any atom is -0.391 e. The Bertz CT molecular complexity index is 228. The molecule has 2 fully saturated rings. The lowest BCUT2D eigenvalue weighted by Crippen LogP contribution is -3.20. The molecule has 4 heteroatoms. The van der Waals surface area contributed by atoms with E-state index in [1.54, 1.807) is 14.0 Å². The molecule has 0 saturated carbocycles. The van der Waals surface area contributed by atoms with E-state index in [1.165, 1.54) is 32.1 Å². The summed E-state index contributed by atoms with van der Waals surface area (Å²) < 4.78 is 10.2. The minimum atomic E-state index is -0.425. The van der Waals surface area contributed by atoms with Crippen LogP contribution in [0, 0.1) is 0 Å². The molecule has 2 bridgehead atoms. The number of rotatable bonds is 2. The molecule has 0 aliphatic carbocycles. The standard InChI is InChI=1S/C11H19NO3/c1-8(14-2)15-11(13)12-9-4-3-5-10(12)7-6-9/h8-10H,3-7H2,1-2H3/p+1. The average Bonchev–Trinajstić information content (AvgIpc) is 2.49. The molecule has 2 rings (SSSR count). The van der Waals surface area contributed by atoms with E-state index in [0.717, 1.165) is 4.90 Å². The molecule has 2 aliphatic heterocycles. The zero-order valence-corrected chi connectivity index (χ0v) is 9.49. The third kappa shape index (κ3) is 2.16. The molecule has 2 heterocycles. The summed E-state index contributed by atoms with van der Waals surface area (Å²) in [4.78, 5) is 12.9. The number of hydrogen-bond acceptors (Lipinski definition) is 3. The molecule has 4 nitrogen and oxygen atoms in total. The Balaban J connectivity index is 1.95. The van der Waals surface area contributed by atoms with E-state index < -0.39 is 6.29 Å². The lowest BCUT2D eigenvalue weighted by Gasteiger charge is -2.28. The monoisotopic (exact) mass is 214 g/mol. The topological polar surface area (TPSA) is 40.0 Å². The van der Waals surface area contributed by atoms with Crippen LogP contribution < -0.4 is 4.90 Å². The maximum absolute atomic E-state index is 11.9. The molecule has 2 saturated heterocycles. The fraction of sp³-hybridized carbons (Fsp3) is 0.909. The van der Waals surface area contributed by atoms with E-state index in [0.29, 0.717) is 12.1 Å². The van der Waals surface area contributed by atoms with Crippen molar-refractivity contribution in [1.82, 2.24) is 0 Å². The first-order valence-corrected chi connectivity index (χ1v) is 5.83. The van der Waals surface area contributed by atoms with Gasteiger partial charge >= 0.3 is 6.09 Å².